The number of amides is 2. The Kier molecular flexibility index (Phi) is 4.61. The molecular weight excluding hydrogens is 316 g/mol. The highest BCUT2D eigenvalue weighted by Crippen LogP contribution is 2.22. The van der Waals surface area contributed by atoms with Crippen LogP contribution in [-0.4, -0.2) is 21.8 Å². The van der Waals surface area contributed by atoms with E-state index in [-0.39, 0.29) is 5.91 Å². The number of carbonyl (C=O) groups is 2. The number of rotatable bonds is 5. The second kappa shape index (κ2) is 7.00. The van der Waals surface area contributed by atoms with E-state index in [1.807, 2.05) is 30.3 Å². The highest BCUT2D eigenvalue weighted by Gasteiger charge is 2.17. The van der Waals surface area contributed by atoms with Gasteiger partial charge in [-0.3, -0.25) is 9.59 Å². The summed E-state index contributed by atoms with van der Waals surface area (Å²) in [6.07, 6.45) is 0. The first-order valence-corrected chi connectivity index (χ1v) is 7.83. The molecule has 0 saturated carbocycles. The third kappa shape index (κ3) is 3.74. The molecule has 4 N–H and O–H groups in total. The molecule has 3 rings (SSSR count). The summed E-state index contributed by atoms with van der Waals surface area (Å²) in [6, 6.07) is 16.4. The van der Waals surface area contributed by atoms with Gasteiger partial charge in [0.1, 0.15) is 17.2 Å². The summed E-state index contributed by atoms with van der Waals surface area (Å²) in [5.41, 5.74) is 8.34. The minimum Gasteiger partial charge on any atom is -0.366 e. The second-order valence-corrected chi connectivity index (χ2v) is 5.66. The number of nitrogens with two attached hydrogens (primary N) is 1. The fourth-order valence-corrected chi connectivity index (χ4v) is 2.52. The Bertz CT molecular complexity index is 899. The standard InChI is InChI=1S/C19H18N4O2/c1-12-22-16(14-7-9-15(10-8-14)18(20)24)17(23-12)19(25)21-11-13-5-3-2-4-6-13/h2-10H,11H2,1H3,(H2,20,24)(H,21,25)(H,22,23). The van der Waals surface area contributed by atoms with Gasteiger partial charge in [-0.2, -0.15) is 0 Å². The maximum atomic E-state index is 12.5. The normalized spacial score (nSPS) is 10.4. The number of H-pyrrole nitrogens is 1. The number of hydrogen-bond acceptors (Lipinski definition) is 3. The van der Waals surface area contributed by atoms with E-state index in [9.17, 15) is 9.59 Å². The van der Waals surface area contributed by atoms with Crippen LogP contribution in [0.2, 0.25) is 0 Å². The lowest BCUT2D eigenvalue weighted by Gasteiger charge is -2.06. The number of aryl methyl sites for hydroxylation is 1. The molecule has 3 aromatic rings. The number of carbonyl (C=O) groups excluding carboxylic acids is 2. The predicted octanol–water partition coefficient (Wildman–Crippen LogP) is 2.41. The molecule has 0 saturated heterocycles. The Balaban J connectivity index is 1.82. The molecule has 6 heteroatoms. The van der Waals surface area contributed by atoms with Gasteiger partial charge in [0, 0.05) is 17.7 Å². The van der Waals surface area contributed by atoms with E-state index >= 15 is 0 Å². The van der Waals surface area contributed by atoms with Crippen LogP contribution in [0.25, 0.3) is 11.3 Å². The Hall–Kier alpha value is -3.41. The molecule has 126 valence electrons. The van der Waals surface area contributed by atoms with Gasteiger partial charge in [-0.1, -0.05) is 42.5 Å². The Morgan fingerprint density at radius 3 is 2.40 bits per heavy atom. The van der Waals surface area contributed by atoms with Gasteiger partial charge in [0.15, 0.2) is 0 Å². The van der Waals surface area contributed by atoms with Crippen molar-refractivity contribution in [3.05, 3.63) is 77.2 Å². The zero-order valence-electron chi connectivity index (χ0n) is 13.7. The molecule has 2 aromatic carbocycles. The van der Waals surface area contributed by atoms with Crippen LogP contribution in [0.5, 0.6) is 0 Å². The highest BCUT2D eigenvalue weighted by molar-refractivity contribution is 5.98. The smallest absolute Gasteiger partial charge is 0.270 e. The summed E-state index contributed by atoms with van der Waals surface area (Å²) >= 11 is 0. The molecule has 1 heterocycles. The van der Waals surface area contributed by atoms with Gasteiger partial charge >= 0.3 is 0 Å². The van der Waals surface area contributed by atoms with Gasteiger partial charge in [0.25, 0.3) is 5.91 Å². The third-order valence-electron chi connectivity index (χ3n) is 3.79. The molecule has 0 atom stereocenters. The largest absolute Gasteiger partial charge is 0.366 e. The monoisotopic (exact) mass is 334 g/mol. The summed E-state index contributed by atoms with van der Waals surface area (Å²) in [5, 5.41) is 2.88. The van der Waals surface area contributed by atoms with Gasteiger partial charge in [-0.15, -0.1) is 0 Å². The molecular formula is C19H18N4O2. The molecule has 2 amide bonds. The summed E-state index contributed by atoms with van der Waals surface area (Å²) in [4.78, 5) is 31.1. The van der Waals surface area contributed by atoms with E-state index in [0.29, 0.717) is 29.3 Å². The Morgan fingerprint density at radius 2 is 1.76 bits per heavy atom. The van der Waals surface area contributed by atoms with Crippen LogP contribution in [0.1, 0.15) is 32.2 Å². The summed E-state index contributed by atoms with van der Waals surface area (Å²) < 4.78 is 0. The van der Waals surface area contributed by atoms with E-state index in [4.69, 9.17) is 5.73 Å². The molecule has 0 fully saturated rings. The molecule has 1 aromatic heterocycles. The average molecular weight is 334 g/mol. The fraction of sp³-hybridized carbons (Fsp3) is 0.105. The van der Waals surface area contributed by atoms with Gasteiger partial charge in [0.2, 0.25) is 5.91 Å². The predicted molar refractivity (Wildman–Crippen MR) is 94.9 cm³/mol. The molecule has 0 radical (unpaired) electrons. The lowest BCUT2D eigenvalue weighted by molar-refractivity contribution is 0.0945. The lowest BCUT2D eigenvalue weighted by Crippen LogP contribution is -2.23. The van der Waals surface area contributed by atoms with Crippen molar-refractivity contribution in [1.82, 2.24) is 15.3 Å². The van der Waals surface area contributed by atoms with Crippen molar-refractivity contribution in [3.8, 4) is 11.3 Å². The summed E-state index contributed by atoms with van der Waals surface area (Å²) in [5.74, 6) is -0.0946. The van der Waals surface area contributed by atoms with E-state index in [1.165, 1.54) is 0 Å². The SMILES string of the molecule is Cc1nc(-c2ccc(C(N)=O)cc2)c(C(=O)NCc2ccccc2)[nH]1. The second-order valence-electron chi connectivity index (χ2n) is 5.66. The lowest BCUT2D eigenvalue weighted by atomic mass is 10.1. The van der Waals surface area contributed by atoms with Crippen molar-refractivity contribution in [2.24, 2.45) is 5.73 Å². The molecule has 0 bridgehead atoms. The topological polar surface area (TPSA) is 101 Å². The number of benzene rings is 2. The van der Waals surface area contributed by atoms with Crippen molar-refractivity contribution in [1.29, 1.82) is 0 Å². The number of imidazole rings is 1. The first-order valence-electron chi connectivity index (χ1n) is 7.83. The maximum Gasteiger partial charge on any atom is 0.270 e. The first kappa shape index (κ1) is 16.4. The van der Waals surface area contributed by atoms with Crippen LogP contribution in [0.4, 0.5) is 0 Å². The summed E-state index contributed by atoms with van der Waals surface area (Å²) in [6.45, 7) is 2.22. The number of nitrogens with one attached hydrogen (secondary N) is 2. The number of aromatic amines is 1. The maximum absolute atomic E-state index is 12.5. The Labute approximate surface area is 145 Å². The number of aromatic nitrogens is 2. The highest BCUT2D eigenvalue weighted by atomic mass is 16.2. The fourth-order valence-electron chi connectivity index (χ4n) is 2.52. The molecule has 0 spiro atoms. The zero-order chi connectivity index (χ0) is 17.8. The minimum atomic E-state index is -0.495. The van der Waals surface area contributed by atoms with Gasteiger partial charge in [-0.05, 0) is 24.6 Å². The van der Waals surface area contributed by atoms with Crippen LogP contribution in [0.15, 0.2) is 54.6 Å². The van der Waals surface area contributed by atoms with Gasteiger partial charge in [0.05, 0.1) is 0 Å². The number of nitrogens with zero attached hydrogens (tertiary/aromatic N) is 1. The van der Waals surface area contributed by atoms with Crippen LogP contribution >= 0.6 is 0 Å². The summed E-state index contributed by atoms with van der Waals surface area (Å²) in [7, 11) is 0. The number of primary amides is 1. The molecule has 25 heavy (non-hydrogen) atoms. The van der Waals surface area contributed by atoms with Crippen molar-refractivity contribution in [2.45, 2.75) is 13.5 Å². The quantitative estimate of drug-likeness (QED) is 0.668. The van der Waals surface area contributed by atoms with Crippen molar-refractivity contribution < 1.29 is 9.59 Å². The Morgan fingerprint density at radius 1 is 1.08 bits per heavy atom. The van der Waals surface area contributed by atoms with E-state index < -0.39 is 5.91 Å². The van der Waals surface area contributed by atoms with Gasteiger partial charge < -0.3 is 16.0 Å². The van der Waals surface area contributed by atoms with Crippen molar-refractivity contribution in [3.63, 3.8) is 0 Å². The van der Waals surface area contributed by atoms with E-state index in [0.717, 1.165) is 11.1 Å². The average Bonchev–Trinajstić information content (AvgIpc) is 3.02. The van der Waals surface area contributed by atoms with Crippen LogP contribution in [0, 0.1) is 6.92 Å². The number of hydrogen-bond donors (Lipinski definition) is 3. The molecule has 0 aliphatic heterocycles. The minimum absolute atomic E-state index is 0.238. The van der Waals surface area contributed by atoms with E-state index in [1.54, 1.807) is 31.2 Å². The van der Waals surface area contributed by atoms with Gasteiger partial charge in [-0.25, -0.2) is 4.98 Å². The molecule has 0 unspecified atom stereocenters. The molecule has 0 aliphatic carbocycles. The third-order valence-corrected chi connectivity index (χ3v) is 3.79. The molecule has 0 aliphatic rings. The van der Waals surface area contributed by atoms with Crippen molar-refractivity contribution >= 4 is 11.8 Å². The van der Waals surface area contributed by atoms with E-state index in [2.05, 4.69) is 15.3 Å². The van der Waals surface area contributed by atoms with Crippen LogP contribution in [0.3, 0.4) is 0 Å². The van der Waals surface area contributed by atoms with Crippen LogP contribution < -0.4 is 11.1 Å². The zero-order valence-corrected chi connectivity index (χ0v) is 13.7. The van der Waals surface area contributed by atoms with Crippen molar-refractivity contribution in [2.75, 3.05) is 0 Å². The molecule has 6 nitrogen and oxygen atoms in total. The first-order chi connectivity index (χ1) is 12.0. The van der Waals surface area contributed by atoms with Crippen LogP contribution in [-0.2, 0) is 6.54 Å².